The van der Waals surface area contributed by atoms with Gasteiger partial charge in [-0.25, -0.2) is 4.79 Å². The van der Waals surface area contributed by atoms with E-state index in [0.717, 1.165) is 0 Å². The van der Waals surface area contributed by atoms with Gasteiger partial charge in [-0.2, -0.15) is 0 Å². The van der Waals surface area contributed by atoms with Crippen molar-refractivity contribution in [1.29, 1.82) is 0 Å². The second-order valence-electron chi connectivity index (χ2n) is 1.88. The highest BCUT2D eigenvalue weighted by atomic mass is 16.4. The molecule has 64 valence electrons. The summed E-state index contributed by atoms with van der Waals surface area (Å²) < 4.78 is 0. The molecule has 0 bridgehead atoms. The van der Waals surface area contributed by atoms with E-state index in [2.05, 4.69) is 11.7 Å². The largest absolute Gasteiger partial charge is 0.475 e. The fourth-order valence-electron chi connectivity index (χ4n) is 0.559. The first-order chi connectivity index (χ1) is 5.63. The summed E-state index contributed by atoms with van der Waals surface area (Å²) in [6.45, 7) is 4.72. The van der Waals surface area contributed by atoms with E-state index in [1.54, 1.807) is 6.92 Å². The van der Waals surface area contributed by atoms with Crippen molar-refractivity contribution >= 4 is 18.5 Å². The van der Waals surface area contributed by atoms with Gasteiger partial charge in [0.05, 0.1) is 0 Å². The Morgan fingerprint density at radius 1 is 1.50 bits per heavy atom. The molecule has 0 spiro atoms. The van der Waals surface area contributed by atoms with Crippen LogP contribution < -0.4 is 0 Å². The smallest absolute Gasteiger partial charge is 0.377 e. The number of carboxylic acid groups (broad SMARTS) is 1. The molecule has 0 unspecified atom stereocenters. The molecule has 0 aromatic heterocycles. The van der Waals surface area contributed by atoms with Crippen LogP contribution in [0.2, 0.25) is 0 Å². The van der Waals surface area contributed by atoms with Gasteiger partial charge in [0, 0.05) is 11.8 Å². The van der Waals surface area contributed by atoms with Crippen molar-refractivity contribution in [2.24, 2.45) is 4.99 Å². The van der Waals surface area contributed by atoms with Crippen LogP contribution in [0.15, 0.2) is 28.9 Å². The van der Waals surface area contributed by atoms with Crippen LogP contribution in [0.25, 0.3) is 0 Å². The zero-order valence-electron chi connectivity index (χ0n) is 6.65. The molecule has 4 heteroatoms. The maximum atomic E-state index is 10.8. The van der Waals surface area contributed by atoms with E-state index in [4.69, 9.17) is 5.11 Å². The van der Waals surface area contributed by atoms with Gasteiger partial charge in [0.2, 0.25) is 0 Å². The molecule has 0 aromatic carbocycles. The lowest BCUT2D eigenvalue weighted by Gasteiger charge is -1.92. The number of carboxylic acids is 1. The Hall–Kier alpha value is -1.71. The number of Topliss-reactive ketones (excluding diaryl/α,β-unsaturated/α-hetero) is 1. The highest BCUT2D eigenvalue weighted by molar-refractivity contribution is 6.40. The number of allylic oxidation sites excluding steroid dienone is 2. The minimum atomic E-state index is -1.48. The second-order valence-corrected chi connectivity index (χ2v) is 1.88. The Balaban J connectivity index is 4.59. The Labute approximate surface area is 69.9 Å². The van der Waals surface area contributed by atoms with Crippen LogP contribution in [0.4, 0.5) is 0 Å². The first kappa shape index (κ1) is 10.3. The van der Waals surface area contributed by atoms with Gasteiger partial charge >= 0.3 is 5.97 Å². The lowest BCUT2D eigenvalue weighted by Crippen LogP contribution is -2.13. The fourth-order valence-corrected chi connectivity index (χ4v) is 0.559. The van der Waals surface area contributed by atoms with Crippen molar-refractivity contribution in [3.05, 3.63) is 23.9 Å². The van der Waals surface area contributed by atoms with Gasteiger partial charge in [0.15, 0.2) is 0 Å². The molecule has 0 aliphatic carbocycles. The van der Waals surface area contributed by atoms with Crippen LogP contribution in [0.3, 0.4) is 0 Å². The number of aliphatic imine (C=N–C) groups is 1. The standard InChI is InChI=1S/C8H9NO3/c1-3-6(4-5-9-2)7(10)8(11)12/h3-5H,2H2,1H3,(H,11,12)/b5-4-,6-3+. The highest BCUT2D eigenvalue weighted by Crippen LogP contribution is 1.98. The van der Waals surface area contributed by atoms with E-state index in [-0.39, 0.29) is 5.57 Å². The summed E-state index contributed by atoms with van der Waals surface area (Å²) in [5, 5.41) is 8.31. The third kappa shape index (κ3) is 2.92. The van der Waals surface area contributed by atoms with E-state index < -0.39 is 11.8 Å². The van der Waals surface area contributed by atoms with Gasteiger partial charge in [0.25, 0.3) is 5.78 Å². The van der Waals surface area contributed by atoms with Crippen molar-refractivity contribution in [1.82, 2.24) is 0 Å². The van der Waals surface area contributed by atoms with Crippen molar-refractivity contribution in [2.75, 3.05) is 0 Å². The summed E-state index contributed by atoms with van der Waals surface area (Å²) in [6, 6.07) is 0. The number of hydrogen-bond donors (Lipinski definition) is 1. The zero-order chi connectivity index (χ0) is 9.56. The van der Waals surface area contributed by atoms with Crippen LogP contribution in [-0.4, -0.2) is 23.6 Å². The number of nitrogens with zero attached hydrogens (tertiary/aromatic N) is 1. The molecule has 0 aliphatic heterocycles. The summed E-state index contributed by atoms with van der Waals surface area (Å²) >= 11 is 0. The molecule has 1 N–H and O–H groups in total. The molecule has 4 nitrogen and oxygen atoms in total. The summed E-state index contributed by atoms with van der Waals surface area (Å²) in [4.78, 5) is 24.3. The van der Waals surface area contributed by atoms with Crippen molar-refractivity contribution in [3.63, 3.8) is 0 Å². The monoisotopic (exact) mass is 167 g/mol. The van der Waals surface area contributed by atoms with E-state index in [1.165, 1.54) is 18.4 Å². The maximum absolute atomic E-state index is 10.8. The van der Waals surface area contributed by atoms with E-state index in [9.17, 15) is 9.59 Å². The molecule has 0 fully saturated rings. The number of aliphatic carboxylic acids is 1. The Morgan fingerprint density at radius 3 is 2.42 bits per heavy atom. The van der Waals surface area contributed by atoms with E-state index in [1.807, 2.05) is 0 Å². The first-order valence-electron chi connectivity index (χ1n) is 3.19. The predicted octanol–water partition coefficient (Wildman–Crippen LogP) is 0.801. The average molecular weight is 167 g/mol. The van der Waals surface area contributed by atoms with Gasteiger partial charge in [-0.3, -0.25) is 9.79 Å². The van der Waals surface area contributed by atoms with Gasteiger partial charge in [0.1, 0.15) is 0 Å². The topological polar surface area (TPSA) is 66.7 Å². The second kappa shape index (κ2) is 5.01. The van der Waals surface area contributed by atoms with Crippen LogP contribution in [0.1, 0.15) is 6.92 Å². The molecule has 0 heterocycles. The van der Waals surface area contributed by atoms with Gasteiger partial charge < -0.3 is 5.11 Å². The number of carbonyl (C=O) groups excluding carboxylic acids is 1. The van der Waals surface area contributed by atoms with Gasteiger partial charge in [-0.1, -0.05) is 6.08 Å². The third-order valence-electron chi connectivity index (χ3n) is 1.13. The number of rotatable bonds is 4. The lowest BCUT2D eigenvalue weighted by molar-refractivity contribution is -0.147. The highest BCUT2D eigenvalue weighted by Gasteiger charge is 2.13. The molecule has 0 rings (SSSR count). The molecular weight excluding hydrogens is 158 g/mol. The maximum Gasteiger partial charge on any atom is 0.377 e. The Bertz CT molecular complexity index is 263. The summed E-state index contributed by atoms with van der Waals surface area (Å²) in [6.07, 6.45) is 3.96. The summed E-state index contributed by atoms with van der Waals surface area (Å²) in [7, 11) is 0. The first-order valence-corrected chi connectivity index (χ1v) is 3.19. The number of ketones is 1. The SMILES string of the molecule is C=N/C=C\C(=C/C)C(=O)C(=O)O. The Morgan fingerprint density at radius 2 is 2.08 bits per heavy atom. The minimum Gasteiger partial charge on any atom is -0.475 e. The number of hydrogen-bond acceptors (Lipinski definition) is 3. The molecule has 0 aromatic rings. The molecule has 0 aliphatic rings. The fraction of sp³-hybridized carbons (Fsp3) is 0.125. The van der Waals surface area contributed by atoms with Crippen molar-refractivity contribution in [3.8, 4) is 0 Å². The van der Waals surface area contributed by atoms with Crippen LogP contribution >= 0.6 is 0 Å². The molecule has 0 radical (unpaired) electrons. The Kier molecular flexibility index (Phi) is 4.30. The molecule has 0 saturated heterocycles. The zero-order valence-corrected chi connectivity index (χ0v) is 6.65. The van der Waals surface area contributed by atoms with Gasteiger partial charge in [-0.15, -0.1) is 0 Å². The van der Waals surface area contributed by atoms with Crippen LogP contribution in [-0.2, 0) is 9.59 Å². The third-order valence-corrected chi connectivity index (χ3v) is 1.13. The van der Waals surface area contributed by atoms with Crippen LogP contribution in [0.5, 0.6) is 0 Å². The molecule has 0 saturated carbocycles. The van der Waals surface area contributed by atoms with Gasteiger partial charge in [-0.05, 0) is 19.7 Å². The lowest BCUT2D eigenvalue weighted by atomic mass is 10.1. The number of carbonyl (C=O) groups is 2. The predicted molar refractivity (Wildman–Crippen MR) is 45.1 cm³/mol. The molecular formula is C8H9NO3. The minimum absolute atomic E-state index is 0.0925. The summed E-state index contributed by atoms with van der Waals surface area (Å²) in [5.41, 5.74) is 0.0925. The van der Waals surface area contributed by atoms with Crippen molar-refractivity contribution < 1.29 is 14.7 Å². The van der Waals surface area contributed by atoms with Crippen LogP contribution in [0, 0.1) is 0 Å². The molecule has 0 atom stereocenters. The van der Waals surface area contributed by atoms with E-state index in [0.29, 0.717) is 0 Å². The summed E-state index contributed by atoms with van der Waals surface area (Å²) in [5.74, 6) is -2.42. The molecule has 12 heavy (non-hydrogen) atoms. The average Bonchev–Trinajstić information content (AvgIpc) is 2.05. The molecule has 0 amide bonds. The normalized spacial score (nSPS) is 11.6. The van der Waals surface area contributed by atoms with E-state index >= 15 is 0 Å². The van der Waals surface area contributed by atoms with Crippen molar-refractivity contribution in [2.45, 2.75) is 6.92 Å². The quantitative estimate of drug-likeness (QED) is 0.291.